The van der Waals surface area contributed by atoms with Crippen LogP contribution in [0, 0.1) is 19.8 Å². The van der Waals surface area contributed by atoms with E-state index in [1.165, 1.54) is 6.07 Å². The molecule has 1 atom stereocenters. The fourth-order valence-corrected chi connectivity index (χ4v) is 4.34. The predicted octanol–water partition coefficient (Wildman–Crippen LogP) is 4.18. The number of ketones is 1. The van der Waals surface area contributed by atoms with Gasteiger partial charge in [-0.2, -0.15) is 22.0 Å². The molecule has 1 aromatic carbocycles. The minimum absolute atomic E-state index is 0.0446. The number of aryl methyl sites for hydroxylation is 2. The molecule has 1 aliphatic heterocycles. The van der Waals surface area contributed by atoms with Crippen LogP contribution in [-0.2, 0) is 9.59 Å². The number of nitrogens with one attached hydrogen (secondary N) is 1. The largest absolute Gasteiger partial charge is 0.434 e. The molecule has 1 aliphatic carbocycles. The van der Waals surface area contributed by atoms with Crippen LogP contribution in [0.15, 0.2) is 12.1 Å². The number of carbonyl (C=O) groups is 2. The summed E-state index contributed by atoms with van der Waals surface area (Å²) in [7, 11) is 0. The van der Waals surface area contributed by atoms with Crippen molar-refractivity contribution in [1.82, 2.24) is 5.32 Å². The van der Waals surface area contributed by atoms with Crippen LogP contribution < -0.4 is 10.1 Å². The van der Waals surface area contributed by atoms with Gasteiger partial charge in [0, 0.05) is 5.56 Å². The van der Waals surface area contributed by atoms with Crippen LogP contribution >= 0.6 is 0 Å². The van der Waals surface area contributed by atoms with Crippen molar-refractivity contribution < 1.29 is 36.3 Å². The fourth-order valence-electron chi connectivity index (χ4n) is 4.34. The minimum Gasteiger partial charge on any atom is -0.434 e. The van der Waals surface area contributed by atoms with Gasteiger partial charge >= 0.3 is 12.8 Å². The minimum atomic E-state index is -4.35. The highest BCUT2D eigenvalue weighted by molar-refractivity contribution is 6.17. The van der Waals surface area contributed by atoms with E-state index in [0.29, 0.717) is 11.1 Å². The van der Waals surface area contributed by atoms with Crippen LogP contribution in [0.1, 0.15) is 48.3 Å². The number of hydrogen-bond donors (Lipinski definition) is 1. The molecule has 1 aromatic rings. The van der Waals surface area contributed by atoms with E-state index in [-0.39, 0.29) is 37.0 Å². The van der Waals surface area contributed by atoms with Gasteiger partial charge in [0.1, 0.15) is 11.7 Å². The Labute approximate surface area is 158 Å². The molecule has 1 saturated carbocycles. The highest BCUT2D eigenvalue weighted by Crippen LogP contribution is 2.47. The molecule has 9 heteroatoms. The number of Topliss-reactive ketones (excluding diaryl/α,β-unsaturated/α-hetero) is 1. The highest BCUT2D eigenvalue weighted by atomic mass is 19.4. The first-order valence-corrected chi connectivity index (χ1v) is 8.93. The average molecular weight is 405 g/mol. The molecule has 1 saturated heterocycles. The summed E-state index contributed by atoms with van der Waals surface area (Å²) in [4.78, 5) is 25.7. The lowest BCUT2D eigenvalue weighted by molar-refractivity contribution is -0.185. The van der Waals surface area contributed by atoms with Crippen LogP contribution in [0.4, 0.5) is 22.0 Å². The third-order valence-electron chi connectivity index (χ3n) is 5.66. The topological polar surface area (TPSA) is 55.4 Å². The van der Waals surface area contributed by atoms with Crippen LogP contribution in [0.2, 0.25) is 0 Å². The van der Waals surface area contributed by atoms with Gasteiger partial charge in [-0.25, -0.2) is 0 Å². The van der Waals surface area contributed by atoms with Crippen LogP contribution in [0.5, 0.6) is 5.75 Å². The number of amides is 1. The van der Waals surface area contributed by atoms with Crippen molar-refractivity contribution in [2.24, 2.45) is 5.92 Å². The molecule has 1 heterocycles. The number of carbonyl (C=O) groups excluding carboxylic acids is 2. The molecule has 3 rings (SSSR count). The van der Waals surface area contributed by atoms with Gasteiger partial charge < -0.3 is 10.1 Å². The Bertz CT molecular complexity index is 797. The second-order valence-electron chi connectivity index (χ2n) is 7.56. The summed E-state index contributed by atoms with van der Waals surface area (Å²) in [5.74, 6) is -4.43. The maximum Gasteiger partial charge on any atom is 0.391 e. The number of hydrogen-bond acceptors (Lipinski definition) is 3. The molecule has 1 amide bonds. The monoisotopic (exact) mass is 405 g/mol. The lowest BCUT2D eigenvalue weighted by Gasteiger charge is -2.36. The maximum absolute atomic E-state index is 13.1. The van der Waals surface area contributed by atoms with E-state index in [2.05, 4.69) is 10.1 Å². The molecular weight excluding hydrogens is 385 g/mol. The van der Waals surface area contributed by atoms with Crippen molar-refractivity contribution in [3.63, 3.8) is 0 Å². The molecule has 0 aromatic heterocycles. The Balaban J connectivity index is 1.94. The number of benzene rings is 1. The van der Waals surface area contributed by atoms with E-state index in [1.54, 1.807) is 19.9 Å². The van der Waals surface area contributed by atoms with Gasteiger partial charge in [0.2, 0.25) is 5.91 Å². The Morgan fingerprint density at radius 1 is 1.14 bits per heavy atom. The molecule has 2 aliphatic rings. The van der Waals surface area contributed by atoms with Gasteiger partial charge in [0.25, 0.3) is 0 Å². The van der Waals surface area contributed by atoms with Crippen molar-refractivity contribution in [2.45, 2.75) is 63.8 Å². The normalized spacial score (nSPS) is 28.1. The summed E-state index contributed by atoms with van der Waals surface area (Å²) in [6.07, 6.45) is -5.15. The summed E-state index contributed by atoms with van der Waals surface area (Å²) >= 11 is 0. The second-order valence-corrected chi connectivity index (χ2v) is 7.56. The molecular formula is C19H20F5NO3. The number of alkyl halides is 5. The third-order valence-corrected chi connectivity index (χ3v) is 5.66. The zero-order valence-corrected chi connectivity index (χ0v) is 15.3. The van der Waals surface area contributed by atoms with Crippen molar-refractivity contribution in [3.8, 4) is 5.75 Å². The van der Waals surface area contributed by atoms with E-state index in [0.717, 1.165) is 0 Å². The summed E-state index contributed by atoms with van der Waals surface area (Å²) in [6.45, 7) is 0.0916. The van der Waals surface area contributed by atoms with E-state index in [4.69, 9.17) is 0 Å². The first kappa shape index (κ1) is 20.5. The Kier molecular flexibility index (Phi) is 5.14. The molecule has 1 unspecified atom stereocenters. The SMILES string of the molecule is Cc1cc(C)c(C2C(=O)NC3(CCC(C(F)(F)F)CC3)C2=O)c(OC(F)F)c1. The van der Waals surface area contributed by atoms with Crippen molar-refractivity contribution in [1.29, 1.82) is 0 Å². The Hall–Kier alpha value is -2.19. The lowest BCUT2D eigenvalue weighted by Crippen LogP contribution is -2.50. The second kappa shape index (κ2) is 7.00. The Morgan fingerprint density at radius 2 is 1.75 bits per heavy atom. The standard InChI is InChI=1S/C19H20F5NO3/c1-9-7-10(2)13(12(8-9)28-17(20)21)14-15(26)18(25-16(14)27)5-3-11(4-6-18)19(22,23)24/h7-8,11,14,17H,3-6H2,1-2H3,(H,25,27). The molecule has 0 bridgehead atoms. The predicted molar refractivity (Wildman–Crippen MR) is 89.2 cm³/mol. The summed E-state index contributed by atoms with van der Waals surface area (Å²) < 4.78 is 69.0. The van der Waals surface area contributed by atoms with E-state index in [1.807, 2.05) is 0 Å². The first-order valence-electron chi connectivity index (χ1n) is 8.93. The summed E-state index contributed by atoms with van der Waals surface area (Å²) in [5, 5.41) is 2.56. The van der Waals surface area contributed by atoms with Gasteiger partial charge in [-0.15, -0.1) is 0 Å². The van der Waals surface area contributed by atoms with Crippen molar-refractivity contribution >= 4 is 11.7 Å². The molecule has 28 heavy (non-hydrogen) atoms. The molecule has 1 spiro atoms. The molecule has 1 N–H and O–H groups in total. The molecule has 0 radical (unpaired) electrons. The third kappa shape index (κ3) is 3.58. The van der Waals surface area contributed by atoms with Gasteiger partial charge in [0.05, 0.1) is 11.5 Å². The van der Waals surface area contributed by atoms with Gasteiger partial charge in [-0.3, -0.25) is 9.59 Å². The van der Waals surface area contributed by atoms with Crippen LogP contribution in [-0.4, -0.2) is 30.0 Å². The van der Waals surface area contributed by atoms with Crippen LogP contribution in [0.25, 0.3) is 0 Å². The molecule has 4 nitrogen and oxygen atoms in total. The Morgan fingerprint density at radius 3 is 2.29 bits per heavy atom. The maximum atomic E-state index is 13.1. The van der Waals surface area contributed by atoms with E-state index in [9.17, 15) is 31.5 Å². The smallest absolute Gasteiger partial charge is 0.391 e. The van der Waals surface area contributed by atoms with Gasteiger partial charge in [0.15, 0.2) is 5.78 Å². The molecule has 154 valence electrons. The molecule has 2 fully saturated rings. The first-order chi connectivity index (χ1) is 12.9. The van der Waals surface area contributed by atoms with Gasteiger partial charge in [-0.1, -0.05) is 6.07 Å². The number of rotatable bonds is 3. The zero-order valence-electron chi connectivity index (χ0n) is 15.3. The fraction of sp³-hybridized carbons (Fsp3) is 0.579. The van der Waals surface area contributed by atoms with Crippen molar-refractivity contribution in [2.75, 3.05) is 0 Å². The quantitative estimate of drug-likeness (QED) is 0.607. The van der Waals surface area contributed by atoms with Gasteiger partial charge in [-0.05, 0) is 56.7 Å². The lowest BCUT2D eigenvalue weighted by atomic mass is 9.72. The zero-order chi connectivity index (χ0) is 20.9. The van der Waals surface area contributed by atoms with Crippen molar-refractivity contribution in [3.05, 3.63) is 28.8 Å². The average Bonchev–Trinajstić information content (AvgIpc) is 2.77. The highest BCUT2D eigenvalue weighted by Gasteiger charge is 2.57. The summed E-state index contributed by atoms with van der Waals surface area (Å²) in [6, 6.07) is 2.96. The number of halogens is 5. The van der Waals surface area contributed by atoms with Crippen LogP contribution in [0.3, 0.4) is 0 Å². The van der Waals surface area contributed by atoms with E-state index >= 15 is 0 Å². The summed E-state index contributed by atoms with van der Waals surface area (Å²) in [5.41, 5.74) is -0.292. The number of ether oxygens (including phenoxy) is 1. The van der Waals surface area contributed by atoms with E-state index < -0.39 is 41.9 Å².